The molecule has 0 amide bonds. The Kier molecular flexibility index (Phi) is 3.76. The van der Waals surface area contributed by atoms with E-state index in [1.165, 1.54) is 0 Å². The summed E-state index contributed by atoms with van der Waals surface area (Å²) in [5.41, 5.74) is 0.163. The number of rotatable bonds is 3. The van der Waals surface area contributed by atoms with Gasteiger partial charge in [0.1, 0.15) is 11.3 Å². The van der Waals surface area contributed by atoms with E-state index in [9.17, 15) is 5.11 Å². The van der Waals surface area contributed by atoms with Crippen LogP contribution in [0.15, 0.2) is 12.1 Å². The monoisotopic (exact) mass is 274 g/mol. The fourth-order valence-electron chi connectivity index (χ4n) is 1.96. The molecule has 106 valence electrons. The molecule has 0 radical (unpaired) electrons. The molecule has 1 aromatic rings. The van der Waals surface area contributed by atoms with E-state index in [2.05, 4.69) is 11.1 Å². The number of nitrogens with zero attached hydrogens (tertiary/aromatic N) is 2. The van der Waals surface area contributed by atoms with Gasteiger partial charge in [-0.05, 0) is 39.8 Å². The average molecular weight is 274 g/mol. The highest BCUT2D eigenvalue weighted by Gasteiger charge is 2.53. The lowest BCUT2D eigenvalue weighted by Crippen LogP contribution is -2.41. The minimum absolute atomic E-state index is 0.0456. The first-order chi connectivity index (χ1) is 9.27. The lowest BCUT2D eigenvalue weighted by Gasteiger charge is -2.32. The molecule has 1 aliphatic rings. The molecule has 1 saturated heterocycles. The van der Waals surface area contributed by atoms with Crippen LogP contribution in [0.25, 0.3) is 0 Å². The van der Waals surface area contributed by atoms with Crippen LogP contribution < -0.4 is 5.59 Å². The molecule has 0 spiro atoms. The molecule has 20 heavy (non-hydrogen) atoms. The highest BCUT2D eigenvalue weighted by atomic mass is 16.7. The summed E-state index contributed by atoms with van der Waals surface area (Å²) >= 11 is 0. The molecular formula is C14H19BN2O3. The van der Waals surface area contributed by atoms with Crippen LogP contribution >= 0.6 is 0 Å². The van der Waals surface area contributed by atoms with Gasteiger partial charge in [0.15, 0.2) is 0 Å². The quantitative estimate of drug-likeness (QED) is 0.846. The van der Waals surface area contributed by atoms with Gasteiger partial charge in [-0.2, -0.15) is 5.26 Å². The summed E-state index contributed by atoms with van der Waals surface area (Å²) in [7, 11) is -0.693. The van der Waals surface area contributed by atoms with E-state index in [0.29, 0.717) is 18.4 Å². The Labute approximate surface area is 119 Å². The molecule has 6 heteroatoms. The molecule has 0 aliphatic carbocycles. The molecule has 2 heterocycles. The van der Waals surface area contributed by atoms with Crippen molar-refractivity contribution in [3.63, 3.8) is 0 Å². The molecule has 5 nitrogen and oxygen atoms in total. The Morgan fingerprint density at radius 1 is 1.25 bits per heavy atom. The van der Waals surface area contributed by atoms with E-state index in [-0.39, 0.29) is 5.75 Å². The van der Waals surface area contributed by atoms with Crippen molar-refractivity contribution in [2.45, 2.75) is 51.7 Å². The zero-order valence-electron chi connectivity index (χ0n) is 12.3. The first-order valence-corrected chi connectivity index (χ1v) is 6.68. The number of hydrogen-bond acceptors (Lipinski definition) is 5. The largest absolute Gasteiger partial charge is 0.518 e. The van der Waals surface area contributed by atoms with Gasteiger partial charge in [-0.15, -0.1) is 0 Å². The summed E-state index contributed by atoms with van der Waals surface area (Å²) < 4.78 is 11.8. The van der Waals surface area contributed by atoms with Crippen molar-refractivity contribution in [2.75, 3.05) is 0 Å². The maximum absolute atomic E-state index is 9.97. The lowest BCUT2D eigenvalue weighted by atomic mass is 9.83. The Hall–Kier alpha value is -1.58. The molecular weight excluding hydrogens is 255 g/mol. The first-order valence-electron chi connectivity index (χ1n) is 6.68. The molecule has 0 saturated carbocycles. The molecule has 1 aromatic heterocycles. The summed E-state index contributed by atoms with van der Waals surface area (Å²) in [6.45, 7) is 7.79. The Morgan fingerprint density at radius 3 is 2.40 bits per heavy atom. The minimum Gasteiger partial charge on any atom is -0.507 e. The second kappa shape index (κ2) is 5.08. The zero-order valence-corrected chi connectivity index (χ0v) is 12.3. The summed E-state index contributed by atoms with van der Waals surface area (Å²) in [6, 6.07) is 5.36. The van der Waals surface area contributed by atoms with Crippen molar-refractivity contribution in [1.29, 1.82) is 5.26 Å². The average Bonchev–Trinajstić information content (AvgIpc) is 2.57. The van der Waals surface area contributed by atoms with Gasteiger partial charge in [-0.3, -0.25) is 4.98 Å². The van der Waals surface area contributed by atoms with Gasteiger partial charge >= 0.3 is 7.12 Å². The molecule has 0 aromatic carbocycles. The van der Waals surface area contributed by atoms with E-state index >= 15 is 0 Å². The van der Waals surface area contributed by atoms with Crippen molar-refractivity contribution in [3.8, 4) is 11.8 Å². The number of pyridine rings is 1. The van der Waals surface area contributed by atoms with Crippen LogP contribution in [0.1, 0.15) is 39.8 Å². The fourth-order valence-corrected chi connectivity index (χ4v) is 1.96. The van der Waals surface area contributed by atoms with Gasteiger partial charge < -0.3 is 14.4 Å². The highest BCUT2D eigenvalue weighted by Crippen LogP contribution is 2.36. The Bertz CT molecular complexity index is 536. The number of aromatic nitrogens is 1. The number of hydrogen-bond donors (Lipinski definition) is 1. The molecule has 0 unspecified atom stereocenters. The SMILES string of the molecule is CC1(C)OB(c2nc(CCC#N)ccc2O)OC1(C)C. The normalized spacial score (nSPS) is 19.9. The van der Waals surface area contributed by atoms with Gasteiger partial charge in [0.05, 0.1) is 17.3 Å². The summed E-state index contributed by atoms with van der Waals surface area (Å²) in [4.78, 5) is 4.37. The third-order valence-electron chi connectivity index (χ3n) is 3.93. The molecule has 1 N–H and O–H groups in total. The third-order valence-corrected chi connectivity index (χ3v) is 3.93. The fraction of sp³-hybridized carbons (Fsp3) is 0.571. The van der Waals surface area contributed by atoms with Crippen LogP contribution in [-0.2, 0) is 15.7 Å². The third kappa shape index (κ3) is 2.65. The summed E-state index contributed by atoms with van der Waals surface area (Å²) in [5, 5.41) is 18.6. The molecule has 1 aliphatic heterocycles. The molecule has 0 atom stereocenters. The van der Waals surface area contributed by atoms with E-state index < -0.39 is 18.3 Å². The van der Waals surface area contributed by atoms with Crippen molar-refractivity contribution < 1.29 is 14.4 Å². The lowest BCUT2D eigenvalue weighted by molar-refractivity contribution is 0.00578. The highest BCUT2D eigenvalue weighted by molar-refractivity contribution is 6.62. The molecule has 2 rings (SSSR count). The maximum Gasteiger partial charge on any atom is 0.518 e. The van der Waals surface area contributed by atoms with E-state index in [0.717, 1.165) is 5.69 Å². The van der Waals surface area contributed by atoms with E-state index in [4.69, 9.17) is 14.6 Å². The van der Waals surface area contributed by atoms with Crippen molar-refractivity contribution >= 4 is 12.7 Å². The van der Waals surface area contributed by atoms with Gasteiger partial charge in [0.25, 0.3) is 0 Å². The predicted molar refractivity (Wildman–Crippen MR) is 75.6 cm³/mol. The van der Waals surface area contributed by atoms with Crippen molar-refractivity contribution in [1.82, 2.24) is 4.98 Å². The second-order valence-electron chi connectivity index (χ2n) is 5.95. The Morgan fingerprint density at radius 2 is 1.85 bits per heavy atom. The number of aryl methyl sites for hydroxylation is 1. The zero-order chi connectivity index (χ0) is 15.0. The molecule has 1 fully saturated rings. The Balaban J connectivity index is 2.28. The standard InChI is InChI=1S/C14H19BN2O3/c1-13(2)14(3,4)20-15(19-13)12-11(18)8-7-10(17-12)6-5-9-16/h7-8,18H,5-6H2,1-4H3. The van der Waals surface area contributed by atoms with Crippen molar-refractivity contribution in [3.05, 3.63) is 17.8 Å². The number of nitriles is 1. The van der Waals surface area contributed by atoms with Crippen LogP contribution in [0.4, 0.5) is 0 Å². The van der Waals surface area contributed by atoms with Gasteiger partial charge in [0, 0.05) is 18.5 Å². The van der Waals surface area contributed by atoms with Crippen LogP contribution in [0, 0.1) is 11.3 Å². The number of aromatic hydroxyl groups is 1. The van der Waals surface area contributed by atoms with Crippen LogP contribution in [0.2, 0.25) is 0 Å². The van der Waals surface area contributed by atoms with Crippen LogP contribution in [0.3, 0.4) is 0 Å². The van der Waals surface area contributed by atoms with Crippen molar-refractivity contribution in [2.24, 2.45) is 0 Å². The predicted octanol–water partition coefficient (Wildman–Crippen LogP) is 1.54. The van der Waals surface area contributed by atoms with E-state index in [1.54, 1.807) is 12.1 Å². The van der Waals surface area contributed by atoms with Crippen LogP contribution in [-0.4, -0.2) is 28.4 Å². The second-order valence-corrected chi connectivity index (χ2v) is 5.95. The van der Waals surface area contributed by atoms with Crippen LogP contribution in [0.5, 0.6) is 5.75 Å². The summed E-state index contributed by atoms with van der Waals surface area (Å²) in [6.07, 6.45) is 0.934. The smallest absolute Gasteiger partial charge is 0.507 e. The van der Waals surface area contributed by atoms with E-state index in [1.807, 2.05) is 27.7 Å². The molecule has 0 bridgehead atoms. The van der Waals surface area contributed by atoms with Gasteiger partial charge in [-0.25, -0.2) is 0 Å². The minimum atomic E-state index is -0.693. The van der Waals surface area contributed by atoms with Gasteiger partial charge in [-0.1, -0.05) is 0 Å². The maximum atomic E-state index is 9.97. The summed E-state index contributed by atoms with van der Waals surface area (Å²) in [5.74, 6) is 0.0456. The first kappa shape index (κ1) is 14.8. The van der Waals surface area contributed by atoms with Gasteiger partial charge in [0.2, 0.25) is 0 Å². The topological polar surface area (TPSA) is 75.4 Å².